The van der Waals surface area contributed by atoms with Crippen LogP contribution in [0.15, 0.2) is 329 Å². The highest BCUT2D eigenvalue weighted by atomic mass is 79.9. The second-order valence-electron chi connectivity index (χ2n) is 28.5. The average molecular weight is 1440 g/mol. The summed E-state index contributed by atoms with van der Waals surface area (Å²) in [6, 6.07) is 111. The molecule has 1 saturated heterocycles. The van der Waals surface area contributed by atoms with Crippen LogP contribution in [-0.2, 0) is 9.31 Å². The third-order valence-electron chi connectivity index (χ3n) is 21.9. The molecule has 14 aromatic carbocycles. The number of imidazole rings is 4. The first-order chi connectivity index (χ1) is 51.9. The summed E-state index contributed by atoms with van der Waals surface area (Å²) >= 11 is 3.57. The van der Waals surface area contributed by atoms with Crippen LogP contribution in [0.5, 0.6) is 0 Å². The van der Waals surface area contributed by atoms with E-state index in [9.17, 15) is 0 Å². The summed E-state index contributed by atoms with van der Waals surface area (Å²) in [4.78, 5) is 10.0. The predicted octanol–water partition coefficient (Wildman–Crippen LogP) is 23.3. The van der Waals surface area contributed by atoms with Gasteiger partial charge in [0.15, 0.2) is 0 Å². The van der Waals surface area contributed by atoms with Crippen molar-refractivity contribution in [3.63, 3.8) is 0 Å². The Bertz CT molecular complexity index is 7210. The minimum absolute atomic E-state index is 0.380. The lowest BCUT2D eigenvalue weighted by Crippen LogP contribution is -2.41. The fourth-order valence-corrected chi connectivity index (χ4v) is 16.5. The van der Waals surface area contributed by atoms with Crippen LogP contribution in [0.3, 0.4) is 0 Å². The van der Waals surface area contributed by atoms with Gasteiger partial charge in [-0.1, -0.05) is 174 Å². The molecule has 8 aromatic heterocycles. The zero-order valence-electron chi connectivity index (χ0n) is 58.2. The van der Waals surface area contributed by atoms with Gasteiger partial charge in [0.1, 0.15) is 22.3 Å². The number of rotatable bonds is 6. The summed E-state index contributed by atoms with van der Waals surface area (Å²) in [6.07, 6.45) is 0. The van der Waals surface area contributed by atoms with E-state index in [2.05, 4.69) is 356 Å². The number of fused-ring (bicyclic) bond motifs is 22. The zero-order valence-corrected chi connectivity index (χ0v) is 59.8. The quantitative estimate of drug-likeness (QED) is 0.154. The van der Waals surface area contributed by atoms with Gasteiger partial charge in [-0.25, -0.2) is 9.97 Å². The summed E-state index contributed by atoms with van der Waals surface area (Å²) in [5.41, 5.74) is 24.0. The lowest BCUT2D eigenvalue weighted by Gasteiger charge is -2.32. The van der Waals surface area contributed by atoms with Gasteiger partial charge in [0.05, 0.1) is 77.4 Å². The molecule has 22 aromatic rings. The highest BCUT2D eigenvalue weighted by molar-refractivity contribution is 9.10. The van der Waals surface area contributed by atoms with Crippen molar-refractivity contribution < 1.29 is 18.1 Å². The van der Waals surface area contributed by atoms with Gasteiger partial charge in [0.25, 0.3) is 0 Å². The number of benzene rings is 14. The molecule has 0 radical (unpaired) electrons. The fourth-order valence-electron chi connectivity index (χ4n) is 16.1. The van der Waals surface area contributed by atoms with Crippen molar-refractivity contribution in [3.05, 3.63) is 320 Å². The number of hydrogen-bond acceptors (Lipinski definition) is 6. The maximum atomic E-state index is 6.37. The third-order valence-corrected chi connectivity index (χ3v) is 22.3. The van der Waals surface area contributed by atoms with Gasteiger partial charge < -0.3 is 27.3 Å². The maximum absolute atomic E-state index is 6.37. The van der Waals surface area contributed by atoms with Crippen LogP contribution in [-0.4, -0.2) is 55.4 Å². The van der Waals surface area contributed by atoms with Crippen LogP contribution >= 0.6 is 15.9 Å². The van der Waals surface area contributed by atoms with Gasteiger partial charge in [-0.2, -0.15) is 0 Å². The number of nitrogens with zero attached hydrogens (tertiary/aromatic N) is 8. The van der Waals surface area contributed by atoms with Crippen LogP contribution in [0.1, 0.15) is 27.7 Å². The van der Waals surface area contributed by atoms with Gasteiger partial charge in [0.2, 0.25) is 11.6 Å². The monoisotopic (exact) mass is 1430 g/mol. The summed E-state index contributed by atoms with van der Waals surface area (Å²) in [5.74, 6) is 1.84. The van der Waals surface area contributed by atoms with E-state index < -0.39 is 7.12 Å². The Morgan fingerprint density at radius 3 is 1.11 bits per heavy atom. The van der Waals surface area contributed by atoms with Crippen molar-refractivity contribution in [3.8, 4) is 33.9 Å². The Hall–Kier alpha value is -12.7. The number of hydrogen-bond donors (Lipinski definition) is 0. The zero-order chi connectivity index (χ0) is 70.7. The first kappa shape index (κ1) is 61.9. The summed E-state index contributed by atoms with van der Waals surface area (Å²) in [7, 11) is -0.408. The van der Waals surface area contributed by atoms with Crippen LogP contribution in [0.25, 0.3) is 177 Å². The molecule has 23 rings (SSSR count). The Kier molecular flexibility index (Phi) is 13.8. The predicted molar refractivity (Wildman–Crippen MR) is 438 cm³/mol. The number of halogens is 1. The maximum Gasteiger partial charge on any atom is 0.494 e. The van der Waals surface area contributed by atoms with Gasteiger partial charge in [-0.15, -0.1) is 0 Å². The first-order valence-electron chi connectivity index (χ1n) is 35.8. The van der Waals surface area contributed by atoms with Gasteiger partial charge in [0, 0.05) is 70.3 Å². The summed E-state index contributed by atoms with van der Waals surface area (Å²) < 4.78 is 39.9. The van der Waals surface area contributed by atoms with E-state index in [0.717, 1.165) is 143 Å². The van der Waals surface area contributed by atoms with E-state index in [1.807, 2.05) is 30.3 Å². The van der Waals surface area contributed by atoms with Crippen molar-refractivity contribution >= 4 is 172 Å². The average Bonchev–Trinajstić information content (AvgIpc) is 1.58. The SMILES string of the molecule is Brc1ccc2nc3n(-c4ccccc4)c4ccccc4n3c2c1.CC1(C)OB(c2ccc3oc4ccc(-n5c6ccccc6c6ccccc65)cc4c3c2)OC1(C)C.c1ccc(-n2c3ccccc3n3c4cc(-c5ccc6oc7ccc(-n8c9ccccc9c9ccccc98)cc7c6c5)ccc4nc23)cc1. The van der Waals surface area contributed by atoms with Crippen LogP contribution in [0, 0.1) is 0 Å². The lowest BCUT2D eigenvalue weighted by molar-refractivity contribution is 0.00578. The molecule has 9 heterocycles. The molecule has 1 aliphatic rings. The molecule has 0 saturated carbocycles. The molecule has 0 amide bonds. The van der Waals surface area contributed by atoms with Crippen LogP contribution < -0.4 is 5.46 Å². The minimum Gasteiger partial charge on any atom is -0.456 e. The van der Waals surface area contributed by atoms with Crippen molar-refractivity contribution in [2.45, 2.75) is 38.9 Å². The topological polar surface area (TPSA) is 99.1 Å². The van der Waals surface area contributed by atoms with Gasteiger partial charge in [-0.05, 0) is 202 Å². The second kappa shape index (κ2) is 23.7. The van der Waals surface area contributed by atoms with E-state index in [1.54, 1.807) is 0 Å². The molecule has 0 bridgehead atoms. The van der Waals surface area contributed by atoms with Crippen molar-refractivity contribution in [2.24, 2.45) is 0 Å². The lowest BCUT2D eigenvalue weighted by atomic mass is 9.78. The van der Waals surface area contributed by atoms with E-state index in [4.69, 9.17) is 28.1 Å². The number of aromatic nitrogens is 8. The molecule has 14 heteroatoms. The molecule has 0 unspecified atom stereocenters. The van der Waals surface area contributed by atoms with E-state index in [-0.39, 0.29) is 11.2 Å². The molecule has 1 aliphatic heterocycles. The number of furan rings is 2. The molecule has 506 valence electrons. The largest absolute Gasteiger partial charge is 0.494 e. The van der Waals surface area contributed by atoms with Crippen molar-refractivity contribution in [1.29, 1.82) is 0 Å². The fraction of sp³-hybridized carbons (Fsp3) is 0.0652. The van der Waals surface area contributed by atoms with Crippen molar-refractivity contribution in [2.75, 3.05) is 0 Å². The standard InChI is InChI=1S/C43H26N4O.C30H26BNO3.C19H12BrN3/c1-2-10-29(11-3-1)46-38-16-8-9-17-39(38)47-40-25-28(18-21-35(40)44-43(46)47)27-19-22-41-33(24-27)34-26-30(20-23-42(34)48-41)45-36-14-6-4-12-31(36)32-13-5-7-15-37(32)45;1-29(2)30(3,4)35-31(34-29)19-13-15-27-23(17-19)24-18-20(14-16-28(24)33-27)32-25-11-7-5-9-21(25)22-10-6-8-12-26(22)32;20-13-10-11-15-18(12-13)23-17-9-5-4-8-16(17)22(19(23)21-15)14-6-2-1-3-7-14/h1-26H;5-18H,1-4H3;1-12H. The van der Waals surface area contributed by atoms with E-state index in [0.29, 0.717) is 0 Å². The molecule has 12 nitrogen and oxygen atoms in total. The molecular formula is C92H64BBrN8O4. The van der Waals surface area contributed by atoms with Crippen LogP contribution in [0.4, 0.5) is 0 Å². The number of para-hydroxylation sites is 10. The molecule has 1 fully saturated rings. The van der Waals surface area contributed by atoms with E-state index >= 15 is 0 Å². The summed E-state index contributed by atoms with van der Waals surface area (Å²) in [6.45, 7) is 8.32. The normalized spacial score (nSPS) is 13.8. The minimum atomic E-state index is -0.408. The Morgan fingerprint density at radius 2 is 0.642 bits per heavy atom. The Balaban J connectivity index is 0.000000109. The molecule has 0 N–H and O–H groups in total. The van der Waals surface area contributed by atoms with Gasteiger partial charge >= 0.3 is 7.12 Å². The highest BCUT2D eigenvalue weighted by Gasteiger charge is 2.52. The molecule has 106 heavy (non-hydrogen) atoms. The Labute approximate surface area is 615 Å². The van der Waals surface area contributed by atoms with E-state index in [1.165, 1.54) is 43.6 Å². The Morgan fingerprint density at radius 1 is 0.283 bits per heavy atom. The molecule has 0 atom stereocenters. The van der Waals surface area contributed by atoms with Crippen LogP contribution in [0.2, 0.25) is 0 Å². The molecule has 0 spiro atoms. The molecular weight excluding hydrogens is 1370 g/mol. The smallest absolute Gasteiger partial charge is 0.456 e. The van der Waals surface area contributed by atoms with Crippen molar-refractivity contribution in [1.82, 2.24) is 37.0 Å². The highest BCUT2D eigenvalue weighted by Crippen LogP contribution is 2.42. The second-order valence-corrected chi connectivity index (χ2v) is 29.4. The summed E-state index contributed by atoms with van der Waals surface area (Å²) in [5, 5.41) is 9.36. The van der Waals surface area contributed by atoms with Gasteiger partial charge in [-0.3, -0.25) is 17.9 Å². The third kappa shape index (κ3) is 9.61. The first-order valence-corrected chi connectivity index (χ1v) is 36.6. The molecule has 0 aliphatic carbocycles.